The topological polar surface area (TPSA) is 103 Å². The number of amides is 1. The third kappa shape index (κ3) is 4.25. The summed E-state index contributed by atoms with van der Waals surface area (Å²) >= 11 is 0. The van der Waals surface area contributed by atoms with Crippen molar-refractivity contribution in [2.75, 3.05) is 13.2 Å². The largest absolute Gasteiger partial charge is 0.401 e. The fourth-order valence-corrected chi connectivity index (χ4v) is 4.89. The maximum Gasteiger partial charge on any atom is 0.223 e. The molecular formula is C20H34N4O3. The molecular weight excluding hydrogens is 344 g/mol. The minimum absolute atomic E-state index is 0.0643. The van der Waals surface area contributed by atoms with E-state index in [0.29, 0.717) is 19.1 Å². The number of hydrogen-bond acceptors (Lipinski definition) is 6. The molecule has 2 saturated carbocycles. The summed E-state index contributed by atoms with van der Waals surface area (Å²) in [7, 11) is 0. The standard InChI is InChI=1S/C20H34N4O3/c21-15(9-13-5-2-1-3-6-13)10-24(22)17-12-27-18-16(11-26-19(17)18)23-20(25)14-7-4-8-14/h10,13-14,16-19H,1-9,11-12,21-22H2,(H,23,25)/b15-10-. The molecule has 0 bridgehead atoms. The Morgan fingerprint density at radius 1 is 1.04 bits per heavy atom. The van der Waals surface area contributed by atoms with Gasteiger partial charge in [0.15, 0.2) is 0 Å². The van der Waals surface area contributed by atoms with Gasteiger partial charge in [0.1, 0.15) is 12.2 Å². The molecule has 0 radical (unpaired) electrons. The summed E-state index contributed by atoms with van der Waals surface area (Å²) in [5.41, 5.74) is 7.09. The summed E-state index contributed by atoms with van der Waals surface area (Å²) < 4.78 is 11.9. The van der Waals surface area contributed by atoms with Gasteiger partial charge in [-0.05, 0) is 25.2 Å². The number of hydrogen-bond donors (Lipinski definition) is 3. The van der Waals surface area contributed by atoms with Crippen LogP contribution in [-0.4, -0.2) is 48.4 Å². The summed E-state index contributed by atoms with van der Waals surface area (Å²) in [5.74, 6) is 7.30. The van der Waals surface area contributed by atoms with Crippen LogP contribution in [0.4, 0.5) is 0 Å². The molecule has 1 amide bonds. The molecule has 4 rings (SSSR count). The van der Waals surface area contributed by atoms with Crippen LogP contribution in [0.25, 0.3) is 0 Å². The van der Waals surface area contributed by atoms with Crippen LogP contribution in [0.15, 0.2) is 11.9 Å². The van der Waals surface area contributed by atoms with Gasteiger partial charge < -0.3 is 25.5 Å². The molecule has 4 unspecified atom stereocenters. The van der Waals surface area contributed by atoms with E-state index in [9.17, 15) is 4.79 Å². The summed E-state index contributed by atoms with van der Waals surface area (Å²) in [6.07, 6.45) is 12.2. The Hall–Kier alpha value is -1.31. The van der Waals surface area contributed by atoms with Gasteiger partial charge in [0.05, 0.1) is 25.3 Å². The first kappa shape index (κ1) is 19.0. The SMILES string of the molecule is N/C(=C\N(N)C1COC2C(NC(=O)C3CCC3)COC21)CC1CCCCC1. The lowest BCUT2D eigenvalue weighted by Gasteiger charge is -2.27. The Morgan fingerprint density at radius 2 is 1.78 bits per heavy atom. The highest BCUT2D eigenvalue weighted by Gasteiger charge is 2.50. The van der Waals surface area contributed by atoms with E-state index in [4.69, 9.17) is 21.1 Å². The van der Waals surface area contributed by atoms with E-state index in [2.05, 4.69) is 5.32 Å². The molecule has 2 saturated heterocycles. The molecule has 5 N–H and O–H groups in total. The van der Waals surface area contributed by atoms with Crippen LogP contribution in [0.2, 0.25) is 0 Å². The van der Waals surface area contributed by atoms with Crippen LogP contribution in [0.1, 0.15) is 57.8 Å². The number of rotatable bonds is 6. The highest BCUT2D eigenvalue weighted by Crippen LogP contribution is 2.32. The van der Waals surface area contributed by atoms with Crippen molar-refractivity contribution >= 4 is 5.91 Å². The Bertz CT molecular complexity index is 559. The molecule has 2 aliphatic carbocycles. The Labute approximate surface area is 161 Å². The zero-order valence-electron chi connectivity index (χ0n) is 16.1. The van der Waals surface area contributed by atoms with E-state index in [1.54, 1.807) is 5.01 Å². The normalized spacial score (nSPS) is 34.9. The molecule has 152 valence electrons. The fourth-order valence-electron chi connectivity index (χ4n) is 4.89. The number of carbonyl (C=O) groups is 1. The van der Waals surface area contributed by atoms with Gasteiger partial charge in [-0.15, -0.1) is 0 Å². The van der Waals surface area contributed by atoms with Crippen LogP contribution in [0, 0.1) is 11.8 Å². The van der Waals surface area contributed by atoms with Gasteiger partial charge in [-0.2, -0.15) is 0 Å². The molecule has 0 aromatic rings. The fraction of sp³-hybridized carbons (Fsp3) is 0.850. The first-order valence-electron chi connectivity index (χ1n) is 10.6. The summed E-state index contributed by atoms with van der Waals surface area (Å²) in [6.45, 7) is 0.980. The lowest BCUT2D eigenvalue weighted by Crippen LogP contribution is -2.49. The second-order valence-corrected chi connectivity index (χ2v) is 8.77. The monoisotopic (exact) mass is 378 g/mol. The minimum Gasteiger partial charge on any atom is -0.401 e. The Morgan fingerprint density at radius 3 is 2.48 bits per heavy atom. The van der Waals surface area contributed by atoms with Gasteiger partial charge in [-0.3, -0.25) is 4.79 Å². The van der Waals surface area contributed by atoms with E-state index in [-0.39, 0.29) is 36.1 Å². The van der Waals surface area contributed by atoms with Crippen molar-refractivity contribution in [2.45, 2.75) is 82.1 Å². The molecule has 4 aliphatic rings. The quantitative estimate of drug-likeness (QED) is 0.477. The van der Waals surface area contributed by atoms with Crippen LogP contribution in [0.3, 0.4) is 0 Å². The van der Waals surface area contributed by atoms with Gasteiger partial charge in [0.2, 0.25) is 5.91 Å². The zero-order chi connectivity index (χ0) is 18.8. The van der Waals surface area contributed by atoms with Crippen molar-refractivity contribution < 1.29 is 14.3 Å². The molecule has 4 fully saturated rings. The molecule has 0 aromatic carbocycles. The molecule has 0 aromatic heterocycles. The van der Waals surface area contributed by atoms with Gasteiger partial charge in [0.25, 0.3) is 0 Å². The average molecular weight is 379 g/mol. The van der Waals surface area contributed by atoms with Gasteiger partial charge in [-0.25, -0.2) is 5.84 Å². The number of nitrogens with zero attached hydrogens (tertiary/aromatic N) is 1. The number of carbonyl (C=O) groups excluding carboxylic acids is 1. The van der Waals surface area contributed by atoms with E-state index in [0.717, 1.165) is 31.4 Å². The van der Waals surface area contributed by atoms with E-state index < -0.39 is 0 Å². The second-order valence-electron chi connectivity index (χ2n) is 8.77. The first-order valence-corrected chi connectivity index (χ1v) is 10.6. The molecule has 7 nitrogen and oxygen atoms in total. The van der Waals surface area contributed by atoms with Crippen LogP contribution < -0.4 is 16.9 Å². The summed E-state index contributed by atoms with van der Waals surface area (Å²) in [6, 6.07) is -0.143. The van der Waals surface area contributed by atoms with Crippen molar-refractivity contribution in [2.24, 2.45) is 23.4 Å². The van der Waals surface area contributed by atoms with Crippen molar-refractivity contribution in [3.8, 4) is 0 Å². The maximum atomic E-state index is 12.2. The predicted octanol–water partition coefficient (Wildman–Crippen LogP) is 1.38. The van der Waals surface area contributed by atoms with Gasteiger partial charge in [0, 0.05) is 17.8 Å². The molecule has 7 heteroatoms. The predicted molar refractivity (Wildman–Crippen MR) is 102 cm³/mol. The van der Waals surface area contributed by atoms with Crippen molar-refractivity contribution in [3.63, 3.8) is 0 Å². The molecule has 2 heterocycles. The lowest BCUT2D eigenvalue weighted by atomic mass is 9.84. The number of hydrazine groups is 1. The molecule has 27 heavy (non-hydrogen) atoms. The van der Waals surface area contributed by atoms with Gasteiger partial charge >= 0.3 is 0 Å². The molecule has 4 atom stereocenters. The number of nitrogens with two attached hydrogens (primary N) is 2. The minimum atomic E-state index is -0.127. The number of fused-ring (bicyclic) bond motifs is 1. The third-order valence-corrected chi connectivity index (χ3v) is 6.78. The second kappa shape index (κ2) is 8.37. The highest BCUT2D eigenvalue weighted by molar-refractivity contribution is 5.79. The van der Waals surface area contributed by atoms with Crippen LogP contribution in [0.5, 0.6) is 0 Å². The van der Waals surface area contributed by atoms with E-state index in [1.807, 2.05) is 6.20 Å². The molecule has 2 aliphatic heterocycles. The lowest BCUT2D eigenvalue weighted by molar-refractivity contribution is -0.128. The summed E-state index contributed by atoms with van der Waals surface area (Å²) in [5, 5.41) is 4.78. The highest BCUT2D eigenvalue weighted by atomic mass is 16.6. The van der Waals surface area contributed by atoms with Crippen LogP contribution in [-0.2, 0) is 14.3 Å². The summed E-state index contributed by atoms with van der Waals surface area (Å²) in [4.78, 5) is 12.2. The third-order valence-electron chi connectivity index (χ3n) is 6.78. The Kier molecular flexibility index (Phi) is 5.90. The Balaban J connectivity index is 1.29. The van der Waals surface area contributed by atoms with Crippen LogP contribution >= 0.6 is 0 Å². The number of nitrogens with one attached hydrogen (secondary N) is 1. The number of allylic oxidation sites excluding steroid dienone is 1. The van der Waals surface area contributed by atoms with E-state index in [1.165, 1.54) is 32.1 Å². The average Bonchev–Trinajstić information content (AvgIpc) is 3.17. The van der Waals surface area contributed by atoms with Crippen molar-refractivity contribution in [3.05, 3.63) is 11.9 Å². The smallest absolute Gasteiger partial charge is 0.223 e. The van der Waals surface area contributed by atoms with Crippen molar-refractivity contribution in [1.82, 2.24) is 10.3 Å². The van der Waals surface area contributed by atoms with Gasteiger partial charge in [-0.1, -0.05) is 38.5 Å². The first-order chi connectivity index (χ1) is 13.1. The maximum absolute atomic E-state index is 12.2. The zero-order valence-corrected chi connectivity index (χ0v) is 16.1. The molecule has 0 spiro atoms. The van der Waals surface area contributed by atoms with Crippen molar-refractivity contribution in [1.29, 1.82) is 0 Å². The van der Waals surface area contributed by atoms with E-state index >= 15 is 0 Å². The number of ether oxygens (including phenoxy) is 2.